The standard InChI is InChI=1S/C18H19N3O4S/c1-11(22)21-7-6-12-4-2-3-5-13(12)15(21)8-16(23)19-9-17-20-14(10-26-17)18(24)25/h2-5,10,15H,6-9H2,1H3,(H,19,23)(H,24,25). The van der Waals surface area contributed by atoms with Gasteiger partial charge in [-0.15, -0.1) is 11.3 Å². The Balaban J connectivity index is 1.68. The van der Waals surface area contributed by atoms with Gasteiger partial charge in [0.1, 0.15) is 5.01 Å². The van der Waals surface area contributed by atoms with E-state index in [9.17, 15) is 14.4 Å². The molecule has 3 rings (SSSR count). The number of rotatable bonds is 5. The first-order valence-electron chi connectivity index (χ1n) is 8.25. The molecule has 2 heterocycles. The second kappa shape index (κ2) is 7.65. The van der Waals surface area contributed by atoms with Crippen LogP contribution in [0, 0.1) is 0 Å². The van der Waals surface area contributed by atoms with Crippen LogP contribution in [0.4, 0.5) is 0 Å². The largest absolute Gasteiger partial charge is 0.476 e. The lowest BCUT2D eigenvalue weighted by atomic mass is 9.90. The number of nitrogens with zero attached hydrogens (tertiary/aromatic N) is 2. The summed E-state index contributed by atoms with van der Waals surface area (Å²) in [5, 5.41) is 13.6. The van der Waals surface area contributed by atoms with Gasteiger partial charge in [0.25, 0.3) is 0 Å². The molecule has 0 spiro atoms. The van der Waals surface area contributed by atoms with Crippen molar-refractivity contribution in [2.45, 2.75) is 32.4 Å². The number of amides is 2. The van der Waals surface area contributed by atoms with Crippen LogP contribution < -0.4 is 5.32 Å². The van der Waals surface area contributed by atoms with Crippen LogP contribution in [-0.4, -0.2) is 39.3 Å². The fourth-order valence-electron chi connectivity index (χ4n) is 3.16. The van der Waals surface area contributed by atoms with Gasteiger partial charge in [0.05, 0.1) is 19.0 Å². The fraction of sp³-hybridized carbons (Fsp3) is 0.333. The molecule has 7 nitrogen and oxygen atoms in total. The van der Waals surface area contributed by atoms with Gasteiger partial charge >= 0.3 is 5.97 Å². The molecule has 2 aromatic rings. The molecular weight excluding hydrogens is 354 g/mol. The van der Waals surface area contributed by atoms with Gasteiger partial charge < -0.3 is 15.3 Å². The van der Waals surface area contributed by atoms with E-state index in [4.69, 9.17) is 5.11 Å². The van der Waals surface area contributed by atoms with Gasteiger partial charge in [-0.3, -0.25) is 9.59 Å². The summed E-state index contributed by atoms with van der Waals surface area (Å²) in [6.45, 7) is 2.28. The summed E-state index contributed by atoms with van der Waals surface area (Å²) in [7, 11) is 0. The van der Waals surface area contributed by atoms with Gasteiger partial charge in [-0.25, -0.2) is 9.78 Å². The second-order valence-electron chi connectivity index (χ2n) is 6.09. The zero-order chi connectivity index (χ0) is 18.7. The summed E-state index contributed by atoms with van der Waals surface area (Å²) in [6, 6.07) is 7.57. The molecule has 1 aromatic carbocycles. The maximum atomic E-state index is 12.4. The summed E-state index contributed by atoms with van der Waals surface area (Å²) in [6.07, 6.45) is 0.943. The fourth-order valence-corrected chi connectivity index (χ4v) is 3.87. The number of benzene rings is 1. The Hall–Kier alpha value is -2.74. The van der Waals surface area contributed by atoms with E-state index in [0.29, 0.717) is 11.6 Å². The third kappa shape index (κ3) is 3.91. The van der Waals surface area contributed by atoms with Crippen LogP contribution in [0.25, 0.3) is 0 Å². The molecule has 0 fully saturated rings. The number of thiazole rings is 1. The van der Waals surface area contributed by atoms with Crippen LogP contribution in [-0.2, 0) is 22.6 Å². The van der Waals surface area contributed by atoms with Crippen molar-refractivity contribution in [2.75, 3.05) is 6.54 Å². The molecule has 0 saturated heterocycles. The Bertz CT molecular complexity index is 848. The summed E-state index contributed by atoms with van der Waals surface area (Å²) in [4.78, 5) is 40.9. The number of aromatic carboxylic acids is 1. The normalized spacial score (nSPS) is 16.0. The minimum Gasteiger partial charge on any atom is -0.476 e. The van der Waals surface area contributed by atoms with Crippen molar-refractivity contribution >= 4 is 29.1 Å². The summed E-state index contributed by atoms with van der Waals surface area (Å²) < 4.78 is 0. The van der Waals surface area contributed by atoms with Crippen molar-refractivity contribution in [2.24, 2.45) is 0 Å². The highest BCUT2D eigenvalue weighted by Crippen LogP contribution is 2.32. The van der Waals surface area contributed by atoms with Crippen LogP contribution in [0.3, 0.4) is 0 Å². The zero-order valence-corrected chi connectivity index (χ0v) is 15.1. The van der Waals surface area contributed by atoms with Crippen LogP contribution in [0.5, 0.6) is 0 Å². The van der Waals surface area contributed by atoms with Gasteiger partial charge in [0.15, 0.2) is 5.69 Å². The first-order valence-corrected chi connectivity index (χ1v) is 9.13. The number of hydrogen-bond donors (Lipinski definition) is 2. The van der Waals surface area contributed by atoms with Crippen molar-refractivity contribution in [1.82, 2.24) is 15.2 Å². The van der Waals surface area contributed by atoms with Crippen LogP contribution in [0.15, 0.2) is 29.6 Å². The number of hydrogen-bond acceptors (Lipinski definition) is 5. The minimum absolute atomic E-state index is 0.0248. The molecule has 1 unspecified atom stereocenters. The summed E-state index contributed by atoms with van der Waals surface area (Å²) >= 11 is 1.19. The molecular formula is C18H19N3O4S. The SMILES string of the molecule is CC(=O)N1CCc2ccccc2C1CC(=O)NCc1nc(C(=O)O)cs1. The molecule has 8 heteroatoms. The number of carbonyl (C=O) groups is 3. The number of nitrogens with one attached hydrogen (secondary N) is 1. The Morgan fingerprint density at radius 2 is 2.12 bits per heavy atom. The molecule has 2 amide bonds. The molecule has 0 radical (unpaired) electrons. The molecule has 1 aromatic heterocycles. The summed E-state index contributed by atoms with van der Waals surface area (Å²) in [5.74, 6) is -1.34. The quantitative estimate of drug-likeness (QED) is 0.835. The molecule has 2 N–H and O–H groups in total. The zero-order valence-electron chi connectivity index (χ0n) is 14.3. The van der Waals surface area contributed by atoms with E-state index in [2.05, 4.69) is 10.3 Å². The lowest BCUT2D eigenvalue weighted by Gasteiger charge is -2.36. The first kappa shape index (κ1) is 18.1. The van der Waals surface area contributed by atoms with E-state index in [0.717, 1.165) is 17.5 Å². The molecule has 1 aliphatic rings. The van der Waals surface area contributed by atoms with E-state index in [1.807, 2.05) is 24.3 Å². The highest BCUT2D eigenvalue weighted by molar-refractivity contribution is 7.09. The number of carbonyl (C=O) groups excluding carboxylic acids is 2. The van der Waals surface area contributed by atoms with Crippen molar-refractivity contribution in [3.63, 3.8) is 0 Å². The highest BCUT2D eigenvalue weighted by Gasteiger charge is 2.30. The third-order valence-corrected chi connectivity index (χ3v) is 5.25. The number of fused-ring (bicyclic) bond motifs is 1. The van der Waals surface area contributed by atoms with Crippen molar-refractivity contribution in [3.05, 3.63) is 51.5 Å². The van der Waals surface area contributed by atoms with E-state index in [1.54, 1.807) is 4.90 Å². The maximum Gasteiger partial charge on any atom is 0.355 e. The van der Waals surface area contributed by atoms with Gasteiger partial charge in [0.2, 0.25) is 11.8 Å². The van der Waals surface area contributed by atoms with E-state index in [-0.39, 0.29) is 36.5 Å². The number of aromatic nitrogens is 1. The number of carboxylic acids is 1. The van der Waals surface area contributed by atoms with Gasteiger partial charge in [-0.1, -0.05) is 24.3 Å². The predicted octanol–water partition coefficient (Wildman–Crippen LogP) is 1.99. The van der Waals surface area contributed by atoms with Gasteiger partial charge in [-0.2, -0.15) is 0 Å². The molecule has 136 valence electrons. The van der Waals surface area contributed by atoms with E-state index in [1.165, 1.54) is 23.6 Å². The Kier molecular flexibility index (Phi) is 5.32. The van der Waals surface area contributed by atoms with Crippen molar-refractivity contribution < 1.29 is 19.5 Å². The van der Waals surface area contributed by atoms with Gasteiger partial charge in [-0.05, 0) is 17.5 Å². The van der Waals surface area contributed by atoms with E-state index < -0.39 is 5.97 Å². The smallest absolute Gasteiger partial charge is 0.355 e. The lowest BCUT2D eigenvalue weighted by molar-refractivity contribution is -0.133. The van der Waals surface area contributed by atoms with Crippen molar-refractivity contribution in [1.29, 1.82) is 0 Å². The molecule has 0 bridgehead atoms. The van der Waals surface area contributed by atoms with Crippen LogP contribution in [0.2, 0.25) is 0 Å². The predicted molar refractivity (Wildman–Crippen MR) is 95.8 cm³/mol. The summed E-state index contributed by atoms with van der Waals surface area (Å²) in [5.41, 5.74) is 2.14. The Labute approximate surface area is 154 Å². The average Bonchev–Trinajstić information content (AvgIpc) is 3.09. The topological polar surface area (TPSA) is 99.6 Å². The molecule has 1 aliphatic heterocycles. The monoisotopic (exact) mass is 373 g/mol. The third-order valence-electron chi connectivity index (χ3n) is 4.40. The van der Waals surface area contributed by atoms with Crippen LogP contribution in [0.1, 0.15) is 46.0 Å². The van der Waals surface area contributed by atoms with Crippen LogP contribution >= 0.6 is 11.3 Å². The average molecular weight is 373 g/mol. The lowest BCUT2D eigenvalue weighted by Crippen LogP contribution is -2.41. The maximum absolute atomic E-state index is 12.4. The van der Waals surface area contributed by atoms with Crippen molar-refractivity contribution in [3.8, 4) is 0 Å². The Morgan fingerprint density at radius 3 is 2.81 bits per heavy atom. The molecule has 26 heavy (non-hydrogen) atoms. The minimum atomic E-state index is -1.09. The first-order chi connectivity index (χ1) is 12.5. The molecule has 1 atom stereocenters. The molecule has 0 aliphatic carbocycles. The van der Waals surface area contributed by atoms with E-state index >= 15 is 0 Å². The van der Waals surface area contributed by atoms with Gasteiger partial charge in [0, 0.05) is 18.8 Å². The molecule has 0 saturated carbocycles. The Morgan fingerprint density at radius 1 is 1.35 bits per heavy atom. The number of carboxylic acid groups (broad SMARTS) is 1. The second-order valence-corrected chi connectivity index (χ2v) is 7.03. The highest BCUT2D eigenvalue weighted by atomic mass is 32.1.